The molecule has 3 heterocycles. The molecule has 0 bridgehead atoms. The Hall–Kier alpha value is -2.12. The fraction of sp³-hybridized carbons (Fsp3) is 0.778. The molecule has 8 nitrogen and oxygen atoms in total. The van der Waals surface area contributed by atoms with E-state index in [1.807, 2.05) is 23.6 Å². The first-order valence-electron chi connectivity index (χ1n) is 9.78. The second kappa shape index (κ2) is 6.89. The fourth-order valence-corrected chi connectivity index (χ4v) is 3.98. The molecule has 2 aliphatic heterocycles. The molecule has 3 fully saturated rings. The molecule has 0 aromatic carbocycles. The highest BCUT2D eigenvalue weighted by atomic mass is 16.2. The number of likely N-dealkylation sites (tertiary alicyclic amines) is 2. The van der Waals surface area contributed by atoms with Crippen LogP contribution in [-0.2, 0) is 4.79 Å². The van der Waals surface area contributed by atoms with E-state index < -0.39 is 0 Å². The third-order valence-electron chi connectivity index (χ3n) is 5.67. The molecule has 2 unspecified atom stereocenters. The number of piperidine rings is 1. The maximum absolute atomic E-state index is 12.7. The van der Waals surface area contributed by atoms with E-state index in [2.05, 4.69) is 20.5 Å². The van der Waals surface area contributed by atoms with Crippen LogP contribution < -0.4 is 5.32 Å². The van der Waals surface area contributed by atoms with Gasteiger partial charge in [-0.15, -0.1) is 0 Å². The highest BCUT2D eigenvalue weighted by molar-refractivity contribution is 5.82. The van der Waals surface area contributed by atoms with Crippen LogP contribution in [0.3, 0.4) is 0 Å². The molecule has 4 rings (SSSR count). The van der Waals surface area contributed by atoms with Gasteiger partial charge in [-0.1, -0.05) is 0 Å². The molecule has 1 aromatic heterocycles. The Kier molecular flexibility index (Phi) is 4.58. The van der Waals surface area contributed by atoms with Crippen LogP contribution >= 0.6 is 0 Å². The van der Waals surface area contributed by atoms with E-state index in [1.165, 1.54) is 12.8 Å². The summed E-state index contributed by atoms with van der Waals surface area (Å²) in [4.78, 5) is 33.0. The van der Waals surface area contributed by atoms with E-state index in [-0.39, 0.29) is 29.9 Å². The lowest BCUT2D eigenvalue weighted by atomic mass is 9.97. The topological polar surface area (TPSA) is 94.2 Å². The Morgan fingerprint density at radius 2 is 2.04 bits per heavy atom. The predicted molar refractivity (Wildman–Crippen MR) is 95.7 cm³/mol. The number of H-pyrrole nitrogens is 1. The van der Waals surface area contributed by atoms with Crippen LogP contribution in [0.4, 0.5) is 4.79 Å². The summed E-state index contributed by atoms with van der Waals surface area (Å²) in [7, 11) is 0. The Morgan fingerprint density at radius 1 is 1.23 bits per heavy atom. The summed E-state index contributed by atoms with van der Waals surface area (Å²) in [6.45, 7) is 6.00. The molecular weight excluding hydrogens is 332 g/mol. The van der Waals surface area contributed by atoms with Crippen molar-refractivity contribution in [2.45, 2.75) is 69.9 Å². The Balaban J connectivity index is 1.33. The largest absolute Gasteiger partial charge is 0.338 e. The van der Waals surface area contributed by atoms with Gasteiger partial charge in [0, 0.05) is 43.9 Å². The normalized spacial score (nSPS) is 26.7. The number of carbonyl (C=O) groups is 2. The summed E-state index contributed by atoms with van der Waals surface area (Å²) in [6, 6.07) is 0.00832. The second-order valence-electron chi connectivity index (χ2n) is 8.13. The zero-order valence-corrected chi connectivity index (χ0v) is 15.6. The number of urea groups is 1. The Morgan fingerprint density at radius 3 is 2.73 bits per heavy atom. The first-order valence-corrected chi connectivity index (χ1v) is 9.78. The maximum Gasteiger partial charge on any atom is 0.317 e. The summed E-state index contributed by atoms with van der Waals surface area (Å²) >= 11 is 0. The van der Waals surface area contributed by atoms with Crippen LogP contribution in [0.2, 0.25) is 0 Å². The monoisotopic (exact) mass is 360 g/mol. The van der Waals surface area contributed by atoms with Crippen LogP contribution in [0.25, 0.3) is 0 Å². The van der Waals surface area contributed by atoms with Gasteiger partial charge >= 0.3 is 6.03 Å². The highest BCUT2D eigenvalue weighted by Crippen LogP contribution is 2.38. The second-order valence-corrected chi connectivity index (χ2v) is 8.13. The van der Waals surface area contributed by atoms with Crippen LogP contribution in [-0.4, -0.2) is 68.6 Å². The van der Waals surface area contributed by atoms with Gasteiger partial charge in [0.05, 0.1) is 6.04 Å². The van der Waals surface area contributed by atoms with Crippen molar-refractivity contribution < 1.29 is 9.59 Å². The van der Waals surface area contributed by atoms with Gasteiger partial charge in [0.25, 0.3) is 0 Å². The molecule has 0 radical (unpaired) electrons. The van der Waals surface area contributed by atoms with E-state index in [1.54, 1.807) is 0 Å². The van der Waals surface area contributed by atoms with Crippen LogP contribution in [0.15, 0.2) is 0 Å². The molecule has 1 aliphatic carbocycles. The summed E-state index contributed by atoms with van der Waals surface area (Å²) in [5.41, 5.74) is 0. The summed E-state index contributed by atoms with van der Waals surface area (Å²) in [6.07, 6.45) is 4.75. The van der Waals surface area contributed by atoms with E-state index in [4.69, 9.17) is 0 Å². The van der Waals surface area contributed by atoms with Crippen molar-refractivity contribution >= 4 is 11.9 Å². The van der Waals surface area contributed by atoms with Gasteiger partial charge < -0.3 is 15.1 Å². The number of rotatable bonds is 4. The Labute approximate surface area is 153 Å². The van der Waals surface area contributed by atoms with Crippen molar-refractivity contribution in [3.05, 3.63) is 11.6 Å². The molecular formula is C18H28N6O2. The minimum Gasteiger partial charge on any atom is -0.338 e. The highest BCUT2D eigenvalue weighted by Gasteiger charge is 2.35. The lowest BCUT2D eigenvalue weighted by molar-refractivity contribution is -0.129. The number of carbonyl (C=O) groups excluding carboxylic acids is 2. The fourth-order valence-electron chi connectivity index (χ4n) is 3.98. The molecule has 26 heavy (non-hydrogen) atoms. The van der Waals surface area contributed by atoms with Crippen molar-refractivity contribution in [1.82, 2.24) is 30.3 Å². The molecule has 8 heteroatoms. The average Bonchev–Trinajstić information content (AvgIpc) is 3.23. The predicted octanol–water partition coefficient (Wildman–Crippen LogP) is 1.58. The Bertz CT molecular complexity index is 683. The van der Waals surface area contributed by atoms with E-state index in [0.717, 1.165) is 31.0 Å². The van der Waals surface area contributed by atoms with Crippen molar-refractivity contribution in [1.29, 1.82) is 0 Å². The van der Waals surface area contributed by atoms with Crippen LogP contribution in [0.5, 0.6) is 0 Å². The van der Waals surface area contributed by atoms with Gasteiger partial charge in [0.15, 0.2) is 5.82 Å². The standard InChI is InChI=1S/C18H28N6O2/c1-11(2)24-10-14(8-15(24)25)19-18(26)23-7-3-4-13(9-23)17-20-16(21-22-17)12-5-6-12/h11-14H,3-10H2,1-2H3,(H,19,26)(H,20,21,22). The quantitative estimate of drug-likeness (QED) is 0.852. The molecule has 2 saturated heterocycles. The van der Waals surface area contributed by atoms with Gasteiger partial charge in [-0.05, 0) is 39.5 Å². The average molecular weight is 360 g/mol. The van der Waals surface area contributed by atoms with Gasteiger partial charge in [0.2, 0.25) is 5.91 Å². The van der Waals surface area contributed by atoms with Gasteiger partial charge in [-0.25, -0.2) is 9.78 Å². The van der Waals surface area contributed by atoms with Gasteiger partial charge in [0.1, 0.15) is 5.82 Å². The van der Waals surface area contributed by atoms with Crippen LogP contribution in [0, 0.1) is 0 Å². The third kappa shape index (κ3) is 3.54. The number of nitrogens with zero attached hydrogens (tertiary/aromatic N) is 4. The first kappa shape index (κ1) is 17.3. The van der Waals surface area contributed by atoms with Gasteiger partial charge in [-0.3, -0.25) is 9.89 Å². The molecule has 3 aliphatic rings. The summed E-state index contributed by atoms with van der Waals surface area (Å²) < 4.78 is 0. The summed E-state index contributed by atoms with van der Waals surface area (Å²) in [5, 5.41) is 10.5. The van der Waals surface area contributed by atoms with E-state index in [0.29, 0.717) is 25.4 Å². The lowest BCUT2D eigenvalue weighted by Crippen LogP contribution is -2.49. The van der Waals surface area contributed by atoms with Crippen LogP contribution in [0.1, 0.15) is 69.4 Å². The number of hydrogen-bond acceptors (Lipinski definition) is 4. The van der Waals surface area contributed by atoms with Crippen molar-refractivity contribution in [2.75, 3.05) is 19.6 Å². The first-order chi connectivity index (χ1) is 12.5. The van der Waals surface area contributed by atoms with E-state index >= 15 is 0 Å². The van der Waals surface area contributed by atoms with Crippen molar-refractivity contribution in [2.24, 2.45) is 0 Å². The number of hydrogen-bond donors (Lipinski definition) is 2. The number of aromatic nitrogens is 3. The lowest BCUT2D eigenvalue weighted by Gasteiger charge is -2.32. The smallest absolute Gasteiger partial charge is 0.317 e. The zero-order valence-electron chi connectivity index (χ0n) is 15.6. The molecule has 1 aromatic rings. The maximum atomic E-state index is 12.7. The van der Waals surface area contributed by atoms with E-state index in [9.17, 15) is 9.59 Å². The molecule has 142 valence electrons. The molecule has 0 spiro atoms. The minimum absolute atomic E-state index is 0.0731. The SMILES string of the molecule is CC(C)N1CC(NC(=O)N2CCCC(c3n[nH]c(C4CC4)n3)C2)CC1=O. The minimum atomic E-state index is -0.0947. The zero-order chi connectivity index (χ0) is 18.3. The van der Waals surface area contributed by atoms with Crippen molar-refractivity contribution in [3.8, 4) is 0 Å². The van der Waals surface area contributed by atoms with Gasteiger partial charge in [-0.2, -0.15) is 5.10 Å². The van der Waals surface area contributed by atoms with Crippen molar-refractivity contribution in [3.63, 3.8) is 0 Å². The number of aromatic amines is 1. The number of amides is 3. The summed E-state index contributed by atoms with van der Waals surface area (Å²) in [5.74, 6) is 2.71. The molecule has 2 N–H and O–H groups in total. The molecule has 2 atom stereocenters. The number of nitrogens with one attached hydrogen (secondary N) is 2. The third-order valence-corrected chi connectivity index (χ3v) is 5.67. The molecule has 3 amide bonds. The molecule has 1 saturated carbocycles.